The lowest BCUT2D eigenvalue weighted by Crippen LogP contribution is -2.66. The molecule has 0 aromatic heterocycles. The second-order valence-electron chi connectivity index (χ2n) is 6.89. The Labute approximate surface area is 119 Å². The highest BCUT2D eigenvalue weighted by Crippen LogP contribution is 2.48. The fourth-order valence-electron chi connectivity index (χ4n) is 3.56. The van der Waals surface area contributed by atoms with Crippen molar-refractivity contribution in [1.82, 2.24) is 5.32 Å². The number of nitrogens with zero attached hydrogens (tertiary/aromatic N) is 1. The molecule has 114 valence electrons. The van der Waals surface area contributed by atoms with Crippen molar-refractivity contribution in [2.75, 3.05) is 7.11 Å². The average molecular weight is 283 g/mol. The van der Waals surface area contributed by atoms with Gasteiger partial charge in [0.1, 0.15) is 5.41 Å². The third kappa shape index (κ3) is 2.06. The Morgan fingerprint density at radius 1 is 1.45 bits per heavy atom. The average Bonchev–Trinajstić information content (AvgIpc) is 2.37. The van der Waals surface area contributed by atoms with Gasteiger partial charge < -0.3 is 21.0 Å². The van der Waals surface area contributed by atoms with Gasteiger partial charge in [-0.1, -0.05) is 25.9 Å². The molecule has 6 heteroatoms. The Morgan fingerprint density at radius 2 is 2.05 bits per heavy atom. The van der Waals surface area contributed by atoms with Crippen molar-refractivity contribution in [2.24, 2.45) is 27.6 Å². The van der Waals surface area contributed by atoms with E-state index in [1.807, 2.05) is 0 Å². The predicted molar refractivity (Wildman–Crippen MR) is 75.4 cm³/mol. The standard InChI is InChI=1S/C14H25N3O3/c1-8-6-14(7-8,11(15)17-19)12(18)16-9-5-10(20-4)13(9,2)3/h8-10,19H,5-7H2,1-4H3,(H2,15,17)(H,16,18). The molecule has 2 fully saturated rings. The molecular weight excluding hydrogens is 258 g/mol. The van der Waals surface area contributed by atoms with Gasteiger partial charge in [0, 0.05) is 18.6 Å². The van der Waals surface area contributed by atoms with Crippen LogP contribution in [0.15, 0.2) is 5.16 Å². The number of nitrogens with one attached hydrogen (secondary N) is 1. The number of hydrogen-bond acceptors (Lipinski definition) is 4. The molecule has 0 spiro atoms. The fourth-order valence-corrected chi connectivity index (χ4v) is 3.56. The van der Waals surface area contributed by atoms with Gasteiger partial charge >= 0.3 is 0 Å². The van der Waals surface area contributed by atoms with Gasteiger partial charge in [0.05, 0.1) is 6.10 Å². The topological polar surface area (TPSA) is 96.9 Å². The molecule has 0 heterocycles. The van der Waals surface area contributed by atoms with E-state index in [1.165, 1.54) is 0 Å². The summed E-state index contributed by atoms with van der Waals surface area (Å²) in [5.41, 5.74) is 4.82. The Bertz CT molecular complexity index is 427. The summed E-state index contributed by atoms with van der Waals surface area (Å²) in [5.74, 6) is 0.314. The Kier molecular flexibility index (Phi) is 3.71. The van der Waals surface area contributed by atoms with E-state index in [0.29, 0.717) is 18.8 Å². The molecule has 2 rings (SSSR count). The number of methoxy groups -OCH3 is 1. The molecule has 0 radical (unpaired) electrons. The molecule has 0 aromatic rings. The first-order chi connectivity index (χ1) is 9.27. The van der Waals surface area contributed by atoms with E-state index in [9.17, 15) is 4.79 Å². The predicted octanol–water partition coefficient (Wildman–Crippen LogP) is 1.08. The van der Waals surface area contributed by atoms with Gasteiger partial charge in [-0.25, -0.2) is 0 Å². The number of carbonyl (C=O) groups is 1. The third-order valence-electron chi connectivity index (χ3n) is 5.19. The normalized spacial score (nSPS) is 39.6. The van der Waals surface area contributed by atoms with Crippen molar-refractivity contribution in [3.8, 4) is 0 Å². The zero-order valence-corrected chi connectivity index (χ0v) is 12.6. The summed E-state index contributed by atoms with van der Waals surface area (Å²) in [6.07, 6.45) is 2.23. The van der Waals surface area contributed by atoms with E-state index < -0.39 is 5.41 Å². The van der Waals surface area contributed by atoms with Crippen molar-refractivity contribution in [2.45, 2.75) is 52.2 Å². The molecule has 2 aliphatic rings. The van der Waals surface area contributed by atoms with Crippen molar-refractivity contribution >= 4 is 11.7 Å². The minimum absolute atomic E-state index is 0.0218. The fraction of sp³-hybridized carbons (Fsp3) is 0.857. The number of rotatable bonds is 4. The van der Waals surface area contributed by atoms with Crippen LogP contribution in [0.1, 0.15) is 40.0 Å². The maximum atomic E-state index is 12.6. The highest BCUT2D eigenvalue weighted by molar-refractivity contribution is 6.07. The minimum atomic E-state index is -0.831. The van der Waals surface area contributed by atoms with E-state index in [-0.39, 0.29) is 29.3 Å². The van der Waals surface area contributed by atoms with E-state index in [2.05, 4.69) is 31.2 Å². The SMILES string of the molecule is COC1CC(NC(=O)C2(C(N)=NO)CC(C)C2)C1(C)C. The van der Waals surface area contributed by atoms with Crippen LogP contribution in [-0.4, -0.2) is 36.2 Å². The lowest BCUT2D eigenvalue weighted by molar-refractivity contribution is -0.143. The molecule has 4 N–H and O–H groups in total. The maximum absolute atomic E-state index is 12.6. The van der Waals surface area contributed by atoms with Gasteiger partial charge in [-0.05, 0) is 25.2 Å². The zero-order chi connectivity index (χ0) is 15.1. The number of oxime groups is 1. The van der Waals surface area contributed by atoms with Crippen LogP contribution in [0.3, 0.4) is 0 Å². The van der Waals surface area contributed by atoms with Crippen molar-refractivity contribution in [1.29, 1.82) is 0 Å². The molecule has 0 aliphatic heterocycles. The minimum Gasteiger partial charge on any atom is -0.409 e. The van der Waals surface area contributed by atoms with Crippen LogP contribution in [0.4, 0.5) is 0 Å². The number of amidine groups is 1. The van der Waals surface area contributed by atoms with Crippen LogP contribution in [-0.2, 0) is 9.53 Å². The summed E-state index contributed by atoms with van der Waals surface area (Å²) < 4.78 is 5.39. The van der Waals surface area contributed by atoms with E-state index in [4.69, 9.17) is 15.7 Å². The van der Waals surface area contributed by atoms with Gasteiger partial charge in [0.25, 0.3) is 0 Å². The summed E-state index contributed by atoms with van der Waals surface area (Å²) in [6, 6.07) is 0.0687. The number of amides is 1. The molecule has 0 aromatic carbocycles. The molecule has 2 aliphatic carbocycles. The Balaban J connectivity index is 2.05. The highest BCUT2D eigenvalue weighted by Gasteiger charge is 2.55. The molecular formula is C14H25N3O3. The van der Waals surface area contributed by atoms with Crippen LogP contribution in [0, 0.1) is 16.7 Å². The second kappa shape index (κ2) is 4.91. The molecule has 1 amide bonds. The molecule has 0 bridgehead atoms. The van der Waals surface area contributed by atoms with E-state index in [0.717, 1.165) is 6.42 Å². The summed E-state index contributed by atoms with van der Waals surface area (Å²) in [5, 5.41) is 15.0. The third-order valence-corrected chi connectivity index (χ3v) is 5.19. The van der Waals surface area contributed by atoms with Crippen LogP contribution in [0.25, 0.3) is 0 Å². The first-order valence-electron chi connectivity index (χ1n) is 7.09. The van der Waals surface area contributed by atoms with Crippen LogP contribution in [0.5, 0.6) is 0 Å². The molecule has 2 unspecified atom stereocenters. The number of carbonyl (C=O) groups excluding carboxylic acids is 1. The van der Waals surface area contributed by atoms with Gasteiger partial charge in [-0.15, -0.1) is 0 Å². The van der Waals surface area contributed by atoms with Crippen LogP contribution < -0.4 is 11.1 Å². The number of ether oxygens (including phenoxy) is 1. The smallest absolute Gasteiger partial charge is 0.234 e. The summed E-state index contributed by atoms with van der Waals surface area (Å²) in [4.78, 5) is 12.6. The molecule has 2 atom stereocenters. The first-order valence-corrected chi connectivity index (χ1v) is 7.09. The largest absolute Gasteiger partial charge is 0.409 e. The maximum Gasteiger partial charge on any atom is 0.234 e. The lowest BCUT2D eigenvalue weighted by atomic mass is 9.60. The number of nitrogens with two attached hydrogens (primary N) is 1. The second-order valence-corrected chi connectivity index (χ2v) is 6.89. The Morgan fingerprint density at radius 3 is 2.45 bits per heavy atom. The van der Waals surface area contributed by atoms with Gasteiger partial charge in [0.15, 0.2) is 5.84 Å². The number of hydrogen-bond donors (Lipinski definition) is 3. The van der Waals surface area contributed by atoms with Crippen molar-refractivity contribution in [3.05, 3.63) is 0 Å². The zero-order valence-electron chi connectivity index (χ0n) is 12.6. The highest BCUT2D eigenvalue weighted by atomic mass is 16.5. The van der Waals surface area contributed by atoms with E-state index >= 15 is 0 Å². The van der Waals surface area contributed by atoms with E-state index in [1.54, 1.807) is 7.11 Å². The molecule has 2 saturated carbocycles. The quantitative estimate of drug-likeness (QED) is 0.311. The van der Waals surface area contributed by atoms with Crippen LogP contribution in [0.2, 0.25) is 0 Å². The van der Waals surface area contributed by atoms with Crippen molar-refractivity contribution in [3.63, 3.8) is 0 Å². The van der Waals surface area contributed by atoms with Gasteiger partial charge in [0.2, 0.25) is 5.91 Å². The summed E-state index contributed by atoms with van der Waals surface area (Å²) in [6.45, 7) is 6.22. The monoisotopic (exact) mass is 283 g/mol. The van der Waals surface area contributed by atoms with Gasteiger partial charge in [-0.2, -0.15) is 0 Å². The first kappa shape index (κ1) is 15.1. The Hall–Kier alpha value is -1.30. The lowest BCUT2D eigenvalue weighted by Gasteiger charge is -2.53. The van der Waals surface area contributed by atoms with Gasteiger partial charge in [-0.3, -0.25) is 4.79 Å². The van der Waals surface area contributed by atoms with Crippen LogP contribution >= 0.6 is 0 Å². The molecule has 0 saturated heterocycles. The molecule has 20 heavy (non-hydrogen) atoms. The van der Waals surface area contributed by atoms with Crippen molar-refractivity contribution < 1.29 is 14.7 Å². The summed E-state index contributed by atoms with van der Waals surface area (Å²) in [7, 11) is 1.69. The molecule has 6 nitrogen and oxygen atoms in total. The summed E-state index contributed by atoms with van der Waals surface area (Å²) >= 11 is 0.